The Bertz CT molecular complexity index is 814. The molecule has 160 valence electrons. The van der Waals surface area contributed by atoms with Gasteiger partial charge in [0, 0.05) is 25.3 Å². The number of carbonyl (C=O) groups is 1. The Hall–Kier alpha value is -2.10. The van der Waals surface area contributed by atoms with E-state index in [4.69, 9.17) is 4.74 Å². The van der Waals surface area contributed by atoms with E-state index in [-0.39, 0.29) is 35.1 Å². The van der Waals surface area contributed by atoms with E-state index >= 15 is 0 Å². The van der Waals surface area contributed by atoms with Gasteiger partial charge in [0.05, 0.1) is 17.9 Å². The van der Waals surface area contributed by atoms with Crippen molar-refractivity contribution in [1.82, 2.24) is 20.4 Å². The van der Waals surface area contributed by atoms with Crippen LogP contribution in [0.15, 0.2) is 36.5 Å². The Morgan fingerprint density at radius 1 is 1.31 bits per heavy atom. The Labute approximate surface area is 173 Å². The van der Waals surface area contributed by atoms with Crippen LogP contribution in [0.1, 0.15) is 28.9 Å². The molecule has 3 rings (SSSR count). The summed E-state index contributed by atoms with van der Waals surface area (Å²) in [6.45, 7) is 2.73. The highest BCUT2D eigenvalue weighted by molar-refractivity contribution is 5.92. The van der Waals surface area contributed by atoms with E-state index < -0.39 is 11.7 Å². The van der Waals surface area contributed by atoms with Crippen molar-refractivity contribution in [2.24, 2.45) is 5.41 Å². The summed E-state index contributed by atoms with van der Waals surface area (Å²) in [6, 6.07) is 6.30. The van der Waals surface area contributed by atoms with Gasteiger partial charge in [-0.05, 0) is 50.2 Å². The topological polar surface area (TPSA) is 68.2 Å². The predicted molar refractivity (Wildman–Crippen MR) is 105 cm³/mol. The van der Waals surface area contributed by atoms with Crippen molar-refractivity contribution in [3.8, 4) is 5.69 Å². The molecule has 1 fully saturated rings. The average molecular weight is 433 g/mol. The van der Waals surface area contributed by atoms with Gasteiger partial charge in [-0.2, -0.15) is 18.3 Å². The smallest absolute Gasteiger partial charge is 0.384 e. The van der Waals surface area contributed by atoms with E-state index in [9.17, 15) is 18.0 Å². The first kappa shape index (κ1) is 23.2. The summed E-state index contributed by atoms with van der Waals surface area (Å²) < 4.78 is 45.2. The van der Waals surface area contributed by atoms with Crippen molar-refractivity contribution in [2.75, 3.05) is 33.4 Å². The lowest BCUT2D eigenvalue weighted by Crippen LogP contribution is -2.47. The number of hydrogen-bond donors (Lipinski definition) is 2. The molecule has 1 amide bonds. The van der Waals surface area contributed by atoms with Gasteiger partial charge in [0.25, 0.3) is 5.91 Å². The van der Waals surface area contributed by atoms with Crippen molar-refractivity contribution in [2.45, 2.75) is 19.0 Å². The van der Waals surface area contributed by atoms with Crippen LogP contribution in [0.25, 0.3) is 5.69 Å². The summed E-state index contributed by atoms with van der Waals surface area (Å²) in [5.74, 6) is -0.361. The summed E-state index contributed by atoms with van der Waals surface area (Å²) in [4.78, 5) is 12.5. The molecule has 1 aliphatic rings. The Kier molecular flexibility index (Phi) is 7.67. The number of halogens is 4. The van der Waals surface area contributed by atoms with Crippen LogP contribution in [0, 0.1) is 5.41 Å². The molecule has 0 atom stereocenters. The monoisotopic (exact) mass is 432 g/mol. The third-order valence-electron chi connectivity index (χ3n) is 5.00. The second kappa shape index (κ2) is 9.60. The highest BCUT2D eigenvalue weighted by atomic mass is 35.5. The number of methoxy groups -OCH3 is 1. The number of aromatic nitrogens is 2. The van der Waals surface area contributed by atoms with Crippen molar-refractivity contribution < 1.29 is 22.7 Å². The molecule has 1 aromatic carbocycles. The van der Waals surface area contributed by atoms with Crippen molar-refractivity contribution in [1.29, 1.82) is 0 Å². The van der Waals surface area contributed by atoms with E-state index in [2.05, 4.69) is 15.7 Å². The van der Waals surface area contributed by atoms with Crippen LogP contribution in [0.4, 0.5) is 13.2 Å². The number of piperidine rings is 1. The molecule has 1 aliphatic heterocycles. The maximum absolute atomic E-state index is 12.9. The lowest BCUT2D eigenvalue weighted by Gasteiger charge is -2.37. The van der Waals surface area contributed by atoms with Crippen molar-refractivity contribution in [3.05, 3.63) is 47.8 Å². The summed E-state index contributed by atoms with van der Waals surface area (Å²) in [6.07, 6.45) is -1.19. The van der Waals surface area contributed by atoms with Gasteiger partial charge in [0.15, 0.2) is 5.69 Å². The molecule has 1 saturated heterocycles. The molecule has 2 heterocycles. The first-order valence-electron chi connectivity index (χ1n) is 9.04. The SMILES string of the molecule is COCC1(CNC(=O)c2ccn(-c3cccc(C(F)(F)F)c3)n2)CCNCC1.Cl. The zero-order valence-electron chi connectivity index (χ0n) is 16.0. The molecular formula is C19H24ClF3N4O2. The van der Waals surface area contributed by atoms with E-state index in [1.807, 2.05) is 0 Å². The van der Waals surface area contributed by atoms with Crippen molar-refractivity contribution >= 4 is 18.3 Å². The Balaban J connectivity index is 0.00000300. The summed E-state index contributed by atoms with van der Waals surface area (Å²) in [5.41, 5.74) is -0.500. The molecule has 0 spiro atoms. The normalized spacial score (nSPS) is 16.1. The molecule has 0 aliphatic carbocycles. The number of amides is 1. The molecule has 1 aromatic heterocycles. The van der Waals surface area contributed by atoms with Crippen molar-refractivity contribution in [3.63, 3.8) is 0 Å². The summed E-state index contributed by atoms with van der Waals surface area (Å²) in [5, 5.41) is 10.3. The molecule has 10 heteroatoms. The number of carbonyl (C=O) groups excluding carboxylic acids is 1. The zero-order chi connectivity index (χ0) is 20.2. The van der Waals surface area contributed by atoms with E-state index in [1.54, 1.807) is 7.11 Å². The summed E-state index contributed by atoms with van der Waals surface area (Å²) in [7, 11) is 1.64. The number of nitrogens with zero attached hydrogens (tertiary/aromatic N) is 2. The fourth-order valence-corrected chi connectivity index (χ4v) is 3.41. The number of nitrogens with one attached hydrogen (secondary N) is 2. The highest BCUT2D eigenvalue weighted by Crippen LogP contribution is 2.30. The van der Waals surface area contributed by atoms with Crippen LogP contribution < -0.4 is 10.6 Å². The van der Waals surface area contributed by atoms with Crippen LogP contribution in [-0.2, 0) is 10.9 Å². The third kappa shape index (κ3) is 5.71. The zero-order valence-corrected chi connectivity index (χ0v) is 16.8. The molecule has 0 unspecified atom stereocenters. The minimum absolute atomic E-state index is 0. The molecule has 2 N–H and O–H groups in total. The van der Waals surface area contributed by atoms with Crippen LogP contribution >= 0.6 is 12.4 Å². The van der Waals surface area contributed by atoms with Gasteiger partial charge in [-0.3, -0.25) is 4.79 Å². The molecule has 6 nitrogen and oxygen atoms in total. The lowest BCUT2D eigenvalue weighted by molar-refractivity contribution is -0.137. The largest absolute Gasteiger partial charge is 0.416 e. The van der Waals surface area contributed by atoms with Gasteiger partial charge in [-0.15, -0.1) is 12.4 Å². The van der Waals surface area contributed by atoms with E-state index in [1.165, 1.54) is 29.1 Å². The van der Waals surface area contributed by atoms with E-state index in [0.717, 1.165) is 38.1 Å². The van der Waals surface area contributed by atoms with Gasteiger partial charge < -0.3 is 15.4 Å². The van der Waals surface area contributed by atoms with Gasteiger partial charge >= 0.3 is 6.18 Å². The second-order valence-electron chi connectivity index (χ2n) is 7.06. The van der Waals surface area contributed by atoms with Gasteiger partial charge in [-0.1, -0.05) is 6.07 Å². The van der Waals surface area contributed by atoms with Crippen LogP contribution in [0.5, 0.6) is 0 Å². The second-order valence-corrected chi connectivity index (χ2v) is 7.06. The van der Waals surface area contributed by atoms with Crippen LogP contribution in [0.3, 0.4) is 0 Å². The molecule has 0 radical (unpaired) electrons. The molecule has 2 aromatic rings. The standard InChI is InChI=1S/C19H23F3N4O2.ClH/c1-28-13-18(6-8-23-9-7-18)12-24-17(27)16-5-10-26(25-16)15-4-2-3-14(11-15)19(20,21)22;/h2-5,10-11,23H,6-9,12-13H2,1H3,(H,24,27);1H. The maximum atomic E-state index is 12.9. The number of ether oxygens (including phenoxy) is 1. The minimum Gasteiger partial charge on any atom is -0.384 e. The quantitative estimate of drug-likeness (QED) is 0.736. The van der Waals surface area contributed by atoms with Gasteiger partial charge in [0.1, 0.15) is 0 Å². The van der Waals surface area contributed by atoms with Gasteiger partial charge in [-0.25, -0.2) is 4.68 Å². The predicted octanol–water partition coefficient (Wildman–Crippen LogP) is 3.06. The molecule has 0 bridgehead atoms. The number of benzene rings is 1. The minimum atomic E-state index is -4.44. The summed E-state index contributed by atoms with van der Waals surface area (Å²) >= 11 is 0. The Morgan fingerprint density at radius 3 is 2.69 bits per heavy atom. The number of rotatable bonds is 6. The van der Waals surface area contributed by atoms with E-state index in [0.29, 0.717) is 13.2 Å². The third-order valence-corrected chi connectivity index (χ3v) is 5.00. The lowest BCUT2D eigenvalue weighted by atomic mass is 9.79. The maximum Gasteiger partial charge on any atom is 0.416 e. The molecule has 0 saturated carbocycles. The first-order valence-corrected chi connectivity index (χ1v) is 9.04. The molecular weight excluding hydrogens is 409 g/mol. The average Bonchev–Trinajstić information content (AvgIpc) is 3.17. The van der Waals surface area contributed by atoms with Crippen LogP contribution in [0.2, 0.25) is 0 Å². The fraction of sp³-hybridized carbons (Fsp3) is 0.474. The highest BCUT2D eigenvalue weighted by Gasteiger charge is 2.33. The van der Waals surface area contributed by atoms with Crippen LogP contribution in [-0.4, -0.2) is 49.0 Å². The first-order chi connectivity index (χ1) is 13.3. The number of alkyl halides is 3. The fourth-order valence-electron chi connectivity index (χ4n) is 3.41. The Morgan fingerprint density at radius 2 is 2.03 bits per heavy atom. The number of hydrogen-bond acceptors (Lipinski definition) is 4. The van der Waals surface area contributed by atoms with Gasteiger partial charge in [0.2, 0.25) is 0 Å². The molecule has 29 heavy (non-hydrogen) atoms.